The number of rotatable bonds is 6. The highest BCUT2D eigenvalue weighted by Gasteiger charge is 2.34. The van der Waals surface area contributed by atoms with Crippen LogP contribution in [0.2, 0.25) is 0 Å². The summed E-state index contributed by atoms with van der Waals surface area (Å²) >= 11 is 3.31. The van der Waals surface area contributed by atoms with Crippen molar-refractivity contribution in [2.45, 2.75) is 0 Å². The van der Waals surface area contributed by atoms with Gasteiger partial charge in [0.25, 0.3) is 11.8 Å². The topological polar surface area (TPSA) is 72.9 Å². The number of esters is 1. The number of imide groups is 1. The molecule has 0 atom stereocenters. The highest BCUT2D eigenvalue weighted by molar-refractivity contribution is 9.10. The monoisotopic (exact) mass is 403 g/mol. The average Bonchev–Trinajstić information content (AvgIpc) is 2.85. The average molecular weight is 404 g/mol. The lowest BCUT2D eigenvalue weighted by atomic mass is 10.1. The first kappa shape index (κ1) is 17.2. The van der Waals surface area contributed by atoms with Gasteiger partial charge in [-0.15, -0.1) is 0 Å². The van der Waals surface area contributed by atoms with Crippen molar-refractivity contribution >= 4 is 33.7 Å². The Labute approximate surface area is 152 Å². The Kier molecular flexibility index (Phi) is 5.14. The van der Waals surface area contributed by atoms with E-state index in [1.165, 1.54) is 0 Å². The summed E-state index contributed by atoms with van der Waals surface area (Å²) in [6.07, 6.45) is 0. The van der Waals surface area contributed by atoms with Gasteiger partial charge in [-0.2, -0.15) is 0 Å². The summed E-state index contributed by atoms with van der Waals surface area (Å²) in [4.78, 5) is 37.1. The Morgan fingerprint density at radius 3 is 2.32 bits per heavy atom. The van der Waals surface area contributed by atoms with Crippen molar-refractivity contribution in [3.63, 3.8) is 0 Å². The van der Waals surface area contributed by atoms with Gasteiger partial charge in [0.1, 0.15) is 12.4 Å². The molecule has 0 aliphatic carbocycles. The number of hydrogen-bond donors (Lipinski definition) is 0. The predicted molar refractivity (Wildman–Crippen MR) is 92.4 cm³/mol. The number of nitrogens with zero attached hydrogens (tertiary/aromatic N) is 1. The summed E-state index contributed by atoms with van der Waals surface area (Å²) in [5.74, 6) is -0.785. The molecule has 2 amide bonds. The maximum Gasteiger partial charge on any atom is 0.344 e. The number of ether oxygens (including phenoxy) is 2. The van der Waals surface area contributed by atoms with Crippen LogP contribution >= 0.6 is 15.9 Å². The number of carbonyl (C=O) groups excluding carboxylic acids is 3. The third-order valence-electron chi connectivity index (χ3n) is 3.61. The van der Waals surface area contributed by atoms with Gasteiger partial charge in [0, 0.05) is 4.47 Å². The van der Waals surface area contributed by atoms with Crippen molar-refractivity contribution in [1.82, 2.24) is 4.90 Å². The van der Waals surface area contributed by atoms with Crippen LogP contribution in [0.1, 0.15) is 20.7 Å². The molecular formula is C18H14BrNO5. The molecule has 2 aromatic carbocycles. The first-order valence-electron chi connectivity index (χ1n) is 7.55. The molecule has 0 unspecified atom stereocenters. The van der Waals surface area contributed by atoms with Gasteiger partial charge in [0.05, 0.1) is 17.7 Å². The van der Waals surface area contributed by atoms with Crippen LogP contribution in [0.4, 0.5) is 0 Å². The summed E-state index contributed by atoms with van der Waals surface area (Å²) in [7, 11) is 0. The number of fused-ring (bicyclic) bond motifs is 1. The molecule has 1 heterocycles. The molecule has 0 saturated carbocycles. The highest BCUT2D eigenvalue weighted by atomic mass is 79.9. The van der Waals surface area contributed by atoms with Crippen molar-refractivity contribution in [2.24, 2.45) is 0 Å². The van der Waals surface area contributed by atoms with Gasteiger partial charge in [0.15, 0.2) is 6.61 Å². The second-order valence-electron chi connectivity index (χ2n) is 5.27. The lowest BCUT2D eigenvalue weighted by Gasteiger charge is -2.14. The quantitative estimate of drug-likeness (QED) is 0.547. The van der Waals surface area contributed by atoms with Gasteiger partial charge in [0.2, 0.25) is 0 Å². The molecule has 0 radical (unpaired) electrons. The molecule has 0 spiro atoms. The van der Waals surface area contributed by atoms with Gasteiger partial charge in [-0.25, -0.2) is 4.79 Å². The van der Waals surface area contributed by atoms with Gasteiger partial charge in [-0.05, 0) is 30.3 Å². The Morgan fingerprint density at radius 1 is 1.00 bits per heavy atom. The molecule has 3 rings (SSSR count). The molecule has 6 nitrogen and oxygen atoms in total. The van der Waals surface area contributed by atoms with E-state index in [2.05, 4.69) is 15.9 Å². The lowest BCUT2D eigenvalue weighted by Crippen LogP contribution is -2.33. The van der Waals surface area contributed by atoms with Crippen LogP contribution in [0.25, 0.3) is 0 Å². The first-order valence-corrected chi connectivity index (χ1v) is 8.35. The molecule has 0 saturated heterocycles. The van der Waals surface area contributed by atoms with E-state index >= 15 is 0 Å². The predicted octanol–water partition coefficient (Wildman–Crippen LogP) is 2.67. The fraction of sp³-hybridized carbons (Fsp3) is 0.167. The van der Waals surface area contributed by atoms with E-state index in [0.717, 1.165) is 9.37 Å². The molecule has 25 heavy (non-hydrogen) atoms. The maximum absolute atomic E-state index is 12.2. The van der Waals surface area contributed by atoms with Crippen molar-refractivity contribution in [2.75, 3.05) is 19.8 Å². The van der Waals surface area contributed by atoms with Crippen LogP contribution in [0.5, 0.6) is 5.75 Å². The molecule has 0 aromatic heterocycles. The van der Waals surface area contributed by atoms with E-state index in [0.29, 0.717) is 16.9 Å². The van der Waals surface area contributed by atoms with Crippen LogP contribution in [0.3, 0.4) is 0 Å². The number of benzene rings is 2. The molecule has 1 aliphatic heterocycles. The first-order chi connectivity index (χ1) is 12.1. The number of halogens is 1. The minimum absolute atomic E-state index is 0.00890. The van der Waals surface area contributed by atoms with Crippen LogP contribution in [-0.4, -0.2) is 42.4 Å². The Balaban J connectivity index is 1.46. The molecule has 0 N–H and O–H groups in total. The zero-order chi connectivity index (χ0) is 17.8. The van der Waals surface area contributed by atoms with E-state index in [4.69, 9.17) is 9.47 Å². The number of hydrogen-bond acceptors (Lipinski definition) is 5. The van der Waals surface area contributed by atoms with E-state index < -0.39 is 5.97 Å². The molecule has 2 aromatic rings. The van der Waals surface area contributed by atoms with Gasteiger partial charge >= 0.3 is 5.97 Å². The Morgan fingerprint density at radius 2 is 1.68 bits per heavy atom. The smallest absolute Gasteiger partial charge is 0.344 e. The summed E-state index contributed by atoms with van der Waals surface area (Å²) in [5.41, 5.74) is 0.744. The van der Waals surface area contributed by atoms with Gasteiger partial charge < -0.3 is 9.47 Å². The largest absolute Gasteiger partial charge is 0.482 e. The van der Waals surface area contributed by atoms with Crippen LogP contribution < -0.4 is 4.74 Å². The maximum atomic E-state index is 12.2. The summed E-state index contributed by atoms with van der Waals surface area (Å²) in [5, 5.41) is 0. The van der Waals surface area contributed by atoms with Crippen molar-refractivity contribution in [1.29, 1.82) is 0 Å². The lowest BCUT2D eigenvalue weighted by molar-refractivity contribution is -0.146. The van der Waals surface area contributed by atoms with Crippen molar-refractivity contribution in [3.8, 4) is 5.75 Å². The SMILES string of the molecule is O=C(COc1cccc(Br)c1)OCCN1C(=O)c2ccccc2C1=O. The summed E-state index contributed by atoms with van der Waals surface area (Å²) in [6, 6.07) is 13.7. The van der Waals surface area contributed by atoms with Crippen LogP contribution in [0.15, 0.2) is 53.0 Å². The highest BCUT2D eigenvalue weighted by Crippen LogP contribution is 2.22. The minimum atomic E-state index is -0.573. The summed E-state index contributed by atoms with van der Waals surface area (Å²) in [6.45, 7) is -0.320. The number of carbonyl (C=O) groups is 3. The second kappa shape index (κ2) is 7.48. The van der Waals surface area contributed by atoms with Gasteiger partial charge in [-0.1, -0.05) is 34.1 Å². The molecular weight excluding hydrogens is 390 g/mol. The van der Waals surface area contributed by atoms with Crippen LogP contribution in [-0.2, 0) is 9.53 Å². The third-order valence-corrected chi connectivity index (χ3v) is 4.10. The van der Waals surface area contributed by atoms with Crippen molar-refractivity contribution in [3.05, 3.63) is 64.1 Å². The number of amides is 2. The molecule has 7 heteroatoms. The molecule has 1 aliphatic rings. The molecule has 0 fully saturated rings. The third kappa shape index (κ3) is 3.88. The van der Waals surface area contributed by atoms with Crippen molar-refractivity contribution < 1.29 is 23.9 Å². The van der Waals surface area contributed by atoms with Gasteiger partial charge in [-0.3, -0.25) is 14.5 Å². The zero-order valence-electron chi connectivity index (χ0n) is 13.1. The molecule has 128 valence electrons. The van der Waals surface area contributed by atoms with E-state index in [1.54, 1.807) is 42.5 Å². The minimum Gasteiger partial charge on any atom is -0.482 e. The summed E-state index contributed by atoms with van der Waals surface area (Å²) < 4.78 is 11.2. The normalized spacial score (nSPS) is 12.9. The van der Waals surface area contributed by atoms with Crippen LogP contribution in [0, 0.1) is 0 Å². The second-order valence-corrected chi connectivity index (χ2v) is 6.19. The Bertz CT molecular complexity index is 801. The fourth-order valence-electron chi connectivity index (χ4n) is 2.43. The molecule has 0 bridgehead atoms. The standard InChI is InChI=1S/C18H14BrNO5/c19-12-4-3-5-13(10-12)25-11-16(21)24-9-8-20-17(22)14-6-1-2-7-15(14)18(20)23/h1-7,10H,8-9,11H2. The van der Waals surface area contributed by atoms with E-state index in [1.807, 2.05) is 6.07 Å². The van der Waals surface area contributed by atoms with E-state index in [-0.39, 0.29) is 31.6 Å². The fourth-order valence-corrected chi connectivity index (χ4v) is 2.81. The zero-order valence-corrected chi connectivity index (χ0v) is 14.7. The van der Waals surface area contributed by atoms with E-state index in [9.17, 15) is 14.4 Å². The Hall–Kier alpha value is -2.67.